The maximum atomic E-state index is 5.93. The molecule has 0 amide bonds. The molecule has 17 heavy (non-hydrogen) atoms. The van der Waals surface area contributed by atoms with E-state index in [2.05, 4.69) is 15.0 Å². The molecule has 1 saturated heterocycles. The number of hydrogen-bond donors (Lipinski definition) is 1. The summed E-state index contributed by atoms with van der Waals surface area (Å²) in [5, 5.41) is 3.99. The molecule has 2 rings (SSSR count). The number of rotatable bonds is 3. The van der Waals surface area contributed by atoms with Gasteiger partial charge in [-0.2, -0.15) is 4.98 Å². The van der Waals surface area contributed by atoms with Crippen LogP contribution in [0.4, 0.5) is 0 Å². The largest absolute Gasteiger partial charge is 0.339 e. The third-order valence-corrected chi connectivity index (χ3v) is 2.88. The molecule has 1 aromatic heterocycles. The first-order valence-corrected chi connectivity index (χ1v) is 5.95. The third kappa shape index (κ3) is 3.94. The van der Waals surface area contributed by atoms with Crippen LogP contribution < -0.4 is 5.73 Å². The van der Waals surface area contributed by atoms with Crippen LogP contribution in [0.25, 0.3) is 0 Å². The Morgan fingerprint density at radius 3 is 2.88 bits per heavy atom. The van der Waals surface area contributed by atoms with Gasteiger partial charge in [0, 0.05) is 18.5 Å². The molecule has 1 aromatic rings. The minimum absolute atomic E-state index is 0. The van der Waals surface area contributed by atoms with E-state index >= 15 is 0 Å². The van der Waals surface area contributed by atoms with Crippen LogP contribution in [0.1, 0.15) is 44.3 Å². The minimum Gasteiger partial charge on any atom is -0.339 e. The Hall–Kier alpha value is -0.650. The van der Waals surface area contributed by atoms with Gasteiger partial charge in [-0.1, -0.05) is 19.0 Å². The lowest BCUT2D eigenvalue weighted by Gasteiger charge is -2.29. The summed E-state index contributed by atoms with van der Waals surface area (Å²) < 4.78 is 5.18. The molecule has 0 saturated carbocycles. The van der Waals surface area contributed by atoms with Crippen molar-refractivity contribution in [2.75, 3.05) is 13.1 Å². The number of nitrogens with two attached hydrogens (primary N) is 1. The smallest absolute Gasteiger partial charge is 0.229 e. The van der Waals surface area contributed by atoms with Crippen LogP contribution in [-0.2, 0) is 6.54 Å². The van der Waals surface area contributed by atoms with Gasteiger partial charge in [0.2, 0.25) is 5.89 Å². The van der Waals surface area contributed by atoms with E-state index in [0.29, 0.717) is 12.0 Å². The van der Waals surface area contributed by atoms with Crippen molar-refractivity contribution in [3.63, 3.8) is 0 Å². The van der Waals surface area contributed by atoms with Crippen molar-refractivity contribution < 1.29 is 4.52 Å². The van der Waals surface area contributed by atoms with Crippen molar-refractivity contribution in [1.82, 2.24) is 15.0 Å². The summed E-state index contributed by atoms with van der Waals surface area (Å²) in [5.41, 5.74) is 5.93. The average molecular weight is 261 g/mol. The van der Waals surface area contributed by atoms with Gasteiger partial charge >= 0.3 is 0 Å². The zero-order valence-electron chi connectivity index (χ0n) is 10.4. The highest BCUT2D eigenvalue weighted by Crippen LogP contribution is 2.14. The van der Waals surface area contributed by atoms with E-state index in [4.69, 9.17) is 10.3 Å². The van der Waals surface area contributed by atoms with Crippen molar-refractivity contribution >= 4 is 12.4 Å². The summed E-state index contributed by atoms with van der Waals surface area (Å²) in [6.45, 7) is 6.87. The molecular weight excluding hydrogens is 240 g/mol. The highest BCUT2D eigenvalue weighted by Gasteiger charge is 2.19. The molecule has 1 unspecified atom stereocenters. The highest BCUT2D eigenvalue weighted by atomic mass is 35.5. The SMILES string of the molecule is CC(C)c1nc(CN2CCCC(N)C2)no1.Cl. The van der Waals surface area contributed by atoms with Gasteiger partial charge in [-0.25, -0.2) is 0 Å². The number of aromatic nitrogens is 2. The number of likely N-dealkylation sites (tertiary alicyclic amines) is 1. The third-order valence-electron chi connectivity index (χ3n) is 2.88. The van der Waals surface area contributed by atoms with Crippen LogP contribution in [0, 0.1) is 0 Å². The van der Waals surface area contributed by atoms with Crippen LogP contribution in [0.5, 0.6) is 0 Å². The Morgan fingerprint density at radius 1 is 1.53 bits per heavy atom. The topological polar surface area (TPSA) is 68.2 Å². The maximum Gasteiger partial charge on any atom is 0.229 e. The van der Waals surface area contributed by atoms with E-state index in [-0.39, 0.29) is 12.4 Å². The lowest BCUT2D eigenvalue weighted by molar-refractivity contribution is 0.195. The van der Waals surface area contributed by atoms with Gasteiger partial charge < -0.3 is 10.3 Å². The summed E-state index contributed by atoms with van der Waals surface area (Å²) in [6.07, 6.45) is 2.29. The molecule has 0 radical (unpaired) electrons. The summed E-state index contributed by atoms with van der Waals surface area (Å²) in [6, 6.07) is 0.297. The van der Waals surface area contributed by atoms with Crippen LogP contribution >= 0.6 is 12.4 Å². The standard InChI is InChI=1S/C11H20N4O.ClH/c1-8(2)11-13-10(14-16-11)7-15-5-3-4-9(12)6-15;/h8-9H,3-7,12H2,1-2H3;1H. The molecule has 1 fully saturated rings. The van der Waals surface area contributed by atoms with Gasteiger partial charge in [-0.3, -0.25) is 4.90 Å². The average Bonchev–Trinajstić information content (AvgIpc) is 2.66. The van der Waals surface area contributed by atoms with Crippen LogP contribution in [0.15, 0.2) is 4.52 Å². The quantitative estimate of drug-likeness (QED) is 0.893. The zero-order valence-corrected chi connectivity index (χ0v) is 11.2. The Bertz CT molecular complexity index is 342. The van der Waals surface area contributed by atoms with Crippen molar-refractivity contribution in [1.29, 1.82) is 0 Å². The summed E-state index contributed by atoms with van der Waals surface area (Å²) in [4.78, 5) is 6.66. The molecule has 0 aliphatic carbocycles. The number of piperidine rings is 1. The number of nitrogens with zero attached hydrogens (tertiary/aromatic N) is 3. The molecule has 5 nitrogen and oxygen atoms in total. The molecular formula is C11H21ClN4O. The Morgan fingerprint density at radius 2 is 2.29 bits per heavy atom. The number of hydrogen-bond acceptors (Lipinski definition) is 5. The lowest BCUT2D eigenvalue weighted by atomic mass is 10.1. The fourth-order valence-electron chi connectivity index (χ4n) is 2.00. The lowest BCUT2D eigenvalue weighted by Crippen LogP contribution is -2.42. The molecule has 1 atom stereocenters. The highest BCUT2D eigenvalue weighted by molar-refractivity contribution is 5.85. The molecule has 2 N–H and O–H groups in total. The maximum absolute atomic E-state index is 5.93. The van der Waals surface area contributed by atoms with Gasteiger partial charge in [0.1, 0.15) is 0 Å². The first-order valence-electron chi connectivity index (χ1n) is 5.95. The molecule has 0 aromatic carbocycles. The second kappa shape index (κ2) is 6.33. The van der Waals surface area contributed by atoms with E-state index in [1.54, 1.807) is 0 Å². The number of halogens is 1. The molecule has 0 spiro atoms. The summed E-state index contributed by atoms with van der Waals surface area (Å²) in [7, 11) is 0. The molecule has 0 bridgehead atoms. The van der Waals surface area contributed by atoms with E-state index in [9.17, 15) is 0 Å². The second-order valence-electron chi connectivity index (χ2n) is 4.84. The van der Waals surface area contributed by atoms with E-state index in [0.717, 1.165) is 44.2 Å². The van der Waals surface area contributed by atoms with E-state index in [1.165, 1.54) is 0 Å². The van der Waals surface area contributed by atoms with Gasteiger partial charge in [0.15, 0.2) is 5.82 Å². The Balaban J connectivity index is 0.00000144. The Kier molecular flexibility index (Phi) is 5.36. The van der Waals surface area contributed by atoms with Gasteiger partial charge in [-0.05, 0) is 19.4 Å². The fourth-order valence-corrected chi connectivity index (χ4v) is 2.00. The van der Waals surface area contributed by atoms with Crippen LogP contribution in [0.3, 0.4) is 0 Å². The van der Waals surface area contributed by atoms with Crippen molar-refractivity contribution in [3.8, 4) is 0 Å². The second-order valence-corrected chi connectivity index (χ2v) is 4.84. The van der Waals surface area contributed by atoms with E-state index < -0.39 is 0 Å². The zero-order chi connectivity index (χ0) is 11.5. The van der Waals surface area contributed by atoms with Gasteiger partial charge in [0.25, 0.3) is 0 Å². The van der Waals surface area contributed by atoms with Crippen molar-refractivity contribution in [2.45, 2.75) is 45.2 Å². The predicted octanol–water partition coefficient (Wildman–Crippen LogP) is 1.54. The fraction of sp³-hybridized carbons (Fsp3) is 0.818. The monoisotopic (exact) mass is 260 g/mol. The predicted molar refractivity (Wildman–Crippen MR) is 68.1 cm³/mol. The summed E-state index contributed by atoms with van der Waals surface area (Å²) >= 11 is 0. The summed E-state index contributed by atoms with van der Waals surface area (Å²) in [5.74, 6) is 1.79. The molecule has 6 heteroatoms. The van der Waals surface area contributed by atoms with E-state index in [1.807, 2.05) is 13.8 Å². The van der Waals surface area contributed by atoms with Crippen LogP contribution in [0.2, 0.25) is 0 Å². The Labute approximate surface area is 108 Å². The van der Waals surface area contributed by atoms with Crippen LogP contribution in [-0.4, -0.2) is 34.2 Å². The first-order chi connectivity index (χ1) is 7.65. The molecule has 1 aliphatic heterocycles. The van der Waals surface area contributed by atoms with Gasteiger partial charge in [-0.15, -0.1) is 12.4 Å². The molecule has 2 heterocycles. The molecule has 1 aliphatic rings. The first kappa shape index (κ1) is 14.4. The molecule has 98 valence electrons. The normalized spacial score (nSPS) is 21.5. The van der Waals surface area contributed by atoms with Crippen molar-refractivity contribution in [2.24, 2.45) is 5.73 Å². The van der Waals surface area contributed by atoms with Crippen molar-refractivity contribution in [3.05, 3.63) is 11.7 Å². The minimum atomic E-state index is 0. The van der Waals surface area contributed by atoms with Gasteiger partial charge in [0.05, 0.1) is 6.54 Å².